The molecule has 0 radical (unpaired) electrons. The molecule has 1 aromatic rings. The first-order valence-electron chi connectivity index (χ1n) is 5.83. The molecule has 2 nitrogen and oxygen atoms in total. The van der Waals surface area contributed by atoms with Crippen LogP contribution in [0.2, 0.25) is 0 Å². The van der Waals surface area contributed by atoms with Gasteiger partial charge in [0, 0.05) is 22.3 Å². The zero-order chi connectivity index (χ0) is 11.8. The summed E-state index contributed by atoms with van der Waals surface area (Å²) in [6, 6.07) is 8.24. The van der Waals surface area contributed by atoms with Gasteiger partial charge < -0.3 is 5.73 Å². The van der Waals surface area contributed by atoms with E-state index < -0.39 is 10.8 Å². The summed E-state index contributed by atoms with van der Waals surface area (Å²) < 4.78 is 11.8. The van der Waals surface area contributed by atoms with Gasteiger partial charge in [0.2, 0.25) is 0 Å². The van der Waals surface area contributed by atoms with Crippen LogP contribution in [0.3, 0.4) is 0 Å². The zero-order valence-corrected chi connectivity index (χ0v) is 10.8. The molecule has 0 saturated heterocycles. The van der Waals surface area contributed by atoms with Crippen molar-refractivity contribution in [1.29, 1.82) is 0 Å². The number of benzene rings is 1. The topological polar surface area (TPSA) is 43.1 Å². The van der Waals surface area contributed by atoms with Crippen molar-refractivity contribution in [3.05, 3.63) is 35.4 Å². The Morgan fingerprint density at radius 2 is 2.06 bits per heavy atom. The molecule has 0 fully saturated rings. The van der Waals surface area contributed by atoms with Crippen molar-refractivity contribution in [2.24, 2.45) is 5.73 Å². The lowest BCUT2D eigenvalue weighted by Gasteiger charge is -2.03. The average molecular weight is 239 g/mol. The van der Waals surface area contributed by atoms with Crippen LogP contribution < -0.4 is 5.73 Å². The highest BCUT2D eigenvalue weighted by Crippen LogP contribution is 2.08. The fraction of sp³-hybridized carbons (Fsp3) is 0.538. The minimum atomic E-state index is -0.724. The third kappa shape index (κ3) is 5.42. The van der Waals surface area contributed by atoms with E-state index in [9.17, 15) is 4.21 Å². The molecule has 0 amide bonds. The normalized spacial score (nSPS) is 12.6. The van der Waals surface area contributed by atoms with Gasteiger partial charge >= 0.3 is 0 Å². The van der Waals surface area contributed by atoms with E-state index in [1.807, 2.05) is 12.1 Å². The van der Waals surface area contributed by atoms with Crippen molar-refractivity contribution in [1.82, 2.24) is 0 Å². The van der Waals surface area contributed by atoms with Gasteiger partial charge in [-0.05, 0) is 31.9 Å². The third-order valence-corrected chi connectivity index (χ3v) is 3.89. The van der Waals surface area contributed by atoms with E-state index in [0.717, 1.165) is 31.6 Å². The summed E-state index contributed by atoms with van der Waals surface area (Å²) in [5.74, 6) is 1.48. The lowest BCUT2D eigenvalue weighted by atomic mass is 10.2. The van der Waals surface area contributed by atoms with E-state index >= 15 is 0 Å². The molecule has 2 N–H and O–H groups in total. The maximum atomic E-state index is 11.8. The van der Waals surface area contributed by atoms with E-state index in [2.05, 4.69) is 19.1 Å². The van der Waals surface area contributed by atoms with Crippen LogP contribution in [-0.4, -0.2) is 16.5 Å². The van der Waals surface area contributed by atoms with E-state index in [1.165, 1.54) is 11.1 Å². The quantitative estimate of drug-likeness (QED) is 0.742. The molecule has 0 bridgehead atoms. The van der Waals surface area contributed by atoms with Crippen LogP contribution in [0.4, 0.5) is 0 Å². The molecule has 1 aromatic carbocycles. The molecule has 3 heteroatoms. The van der Waals surface area contributed by atoms with Crippen LogP contribution in [0.15, 0.2) is 24.3 Å². The number of hydrogen-bond donors (Lipinski definition) is 1. The Labute approximate surface area is 101 Å². The van der Waals surface area contributed by atoms with Crippen LogP contribution >= 0.6 is 0 Å². The van der Waals surface area contributed by atoms with Crippen molar-refractivity contribution >= 4 is 10.8 Å². The molecule has 1 rings (SSSR count). The highest BCUT2D eigenvalue weighted by atomic mass is 32.2. The Morgan fingerprint density at radius 1 is 1.25 bits per heavy atom. The van der Waals surface area contributed by atoms with Crippen LogP contribution in [0.25, 0.3) is 0 Å². The fourth-order valence-corrected chi connectivity index (χ4v) is 2.87. The van der Waals surface area contributed by atoms with E-state index in [-0.39, 0.29) is 0 Å². The molecule has 0 aliphatic heterocycles. The van der Waals surface area contributed by atoms with Crippen LogP contribution in [0.1, 0.15) is 30.4 Å². The second kappa shape index (κ2) is 7.58. The zero-order valence-electron chi connectivity index (χ0n) is 9.95. The molecule has 90 valence electrons. The maximum absolute atomic E-state index is 11.8. The van der Waals surface area contributed by atoms with Gasteiger partial charge in [0.05, 0.1) is 0 Å². The summed E-state index contributed by atoms with van der Waals surface area (Å²) in [7, 11) is -0.724. The lowest BCUT2D eigenvalue weighted by Crippen LogP contribution is -2.03. The first-order chi connectivity index (χ1) is 7.72. The highest BCUT2D eigenvalue weighted by Gasteiger charge is 2.01. The maximum Gasteiger partial charge on any atom is 0.0485 e. The Balaban J connectivity index is 2.29. The van der Waals surface area contributed by atoms with Gasteiger partial charge in [0.25, 0.3) is 0 Å². The first-order valence-corrected chi connectivity index (χ1v) is 7.32. The summed E-state index contributed by atoms with van der Waals surface area (Å²) in [5, 5.41) is 0. The molecular formula is C13H21NOS. The summed E-state index contributed by atoms with van der Waals surface area (Å²) >= 11 is 0. The van der Waals surface area contributed by atoms with Crippen LogP contribution in [0.5, 0.6) is 0 Å². The van der Waals surface area contributed by atoms with Crippen molar-refractivity contribution in [3.63, 3.8) is 0 Å². The van der Waals surface area contributed by atoms with Gasteiger partial charge in [-0.3, -0.25) is 4.21 Å². The van der Waals surface area contributed by atoms with Gasteiger partial charge in [-0.15, -0.1) is 0 Å². The van der Waals surface area contributed by atoms with Crippen LogP contribution in [0, 0.1) is 6.92 Å². The van der Waals surface area contributed by atoms with E-state index in [4.69, 9.17) is 5.73 Å². The molecule has 0 aliphatic carbocycles. The molecule has 1 unspecified atom stereocenters. The minimum absolute atomic E-state index is 0.685. The Bertz CT molecular complexity index is 338. The predicted octanol–water partition coefficient (Wildman–Crippen LogP) is 2.37. The Morgan fingerprint density at radius 3 is 2.75 bits per heavy atom. The molecule has 0 aromatic heterocycles. The Hall–Kier alpha value is -0.670. The third-order valence-electron chi connectivity index (χ3n) is 2.49. The summed E-state index contributed by atoms with van der Waals surface area (Å²) in [6.45, 7) is 2.80. The largest absolute Gasteiger partial charge is 0.330 e. The van der Waals surface area contributed by atoms with Crippen LogP contribution in [-0.2, 0) is 16.6 Å². The molecule has 0 heterocycles. The number of unbranched alkanes of at least 4 members (excludes halogenated alkanes) is 2. The smallest absolute Gasteiger partial charge is 0.0485 e. The van der Waals surface area contributed by atoms with Gasteiger partial charge in [-0.1, -0.05) is 36.2 Å². The Kier molecular flexibility index (Phi) is 6.34. The number of nitrogens with two attached hydrogens (primary N) is 1. The van der Waals surface area contributed by atoms with Crippen molar-refractivity contribution in [2.75, 3.05) is 12.3 Å². The number of aryl methyl sites for hydroxylation is 1. The average Bonchev–Trinajstić information content (AvgIpc) is 2.24. The molecule has 16 heavy (non-hydrogen) atoms. The molecule has 0 saturated carbocycles. The van der Waals surface area contributed by atoms with Gasteiger partial charge in [-0.25, -0.2) is 0 Å². The SMILES string of the molecule is Cc1cccc(CS(=O)CCCCCN)c1. The molecular weight excluding hydrogens is 218 g/mol. The lowest BCUT2D eigenvalue weighted by molar-refractivity contribution is 0.672. The monoisotopic (exact) mass is 239 g/mol. The second-order valence-corrected chi connectivity index (χ2v) is 5.70. The van der Waals surface area contributed by atoms with Gasteiger partial charge in [0.15, 0.2) is 0 Å². The second-order valence-electron chi connectivity index (χ2n) is 4.13. The first kappa shape index (κ1) is 13.4. The van der Waals surface area contributed by atoms with Crippen molar-refractivity contribution in [3.8, 4) is 0 Å². The molecule has 0 aliphatic rings. The minimum Gasteiger partial charge on any atom is -0.330 e. The van der Waals surface area contributed by atoms with E-state index in [1.54, 1.807) is 0 Å². The van der Waals surface area contributed by atoms with Gasteiger partial charge in [0.1, 0.15) is 0 Å². The number of hydrogen-bond acceptors (Lipinski definition) is 2. The van der Waals surface area contributed by atoms with E-state index in [0.29, 0.717) is 5.75 Å². The molecule has 0 spiro atoms. The van der Waals surface area contributed by atoms with Gasteiger partial charge in [-0.2, -0.15) is 0 Å². The summed E-state index contributed by atoms with van der Waals surface area (Å²) in [4.78, 5) is 0. The summed E-state index contributed by atoms with van der Waals surface area (Å²) in [5.41, 5.74) is 7.82. The number of rotatable bonds is 7. The van der Waals surface area contributed by atoms with Crippen molar-refractivity contribution < 1.29 is 4.21 Å². The standard InChI is InChI=1S/C13H21NOS/c1-12-6-5-7-13(10-12)11-16(15)9-4-2-3-8-14/h5-7,10H,2-4,8-9,11,14H2,1H3. The predicted molar refractivity (Wildman–Crippen MR) is 70.8 cm³/mol. The fourth-order valence-electron chi connectivity index (χ4n) is 1.64. The van der Waals surface area contributed by atoms with Crippen molar-refractivity contribution in [2.45, 2.75) is 31.9 Å². The summed E-state index contributed by atoms with van der Waals surface area (Å²) in [6.07, 6.45) is 3.16. The molecule has 1 atom stereocenters. The highest BCUT2D eigenvalue weighted by molar-refractivity contribution is 7.84.